The van der Waals surface area contributed by atoms with Gasteiger partial charge in [0.25, 0.3) is 0 Å². The van der Waals surface area contributed by atoms with Crippen molar-refractivity contribution in [1.82, 2.24) is 9.88 Å². The van der Waals surface area contributed by atoms with Gasteiger partial charge >= 0.3 is 0 Å². The highest BCUT2D eigenvalue weighted by Crippen LogP contribution is 2.31. The van der Waals surface area contributed by atoms with Crippen LogP contribution in [0.1, 0.15) is 23.4 Å². The minimum atomic E-state index is -0.110. The van der Waals surface area contributed by atoms with Crippen LogP contribution in [0.25, 0.3) is 6.08 Å². The van der Waals surface area contributed by atoms with E-state index in [1.165, 1.54) is 0 Å². The molecule has 6 heteroatoms. The second-order valence-electron chi connectivity index (χ2n) is 6.55. The lowest BCUT2D eigenvalue weighted by atomic mass is 10.0. The number of amides is 1. The van der Waals surface area contributed by atoms with Crippen LogP contribution in [0.3, 0.4) is 0 Å². The van der Waals surface area contributed by atoms with E-state index in [-0.39, 0.29) is 24.2 Å². The zero-order valence-corrected chi connectivity index (χ0v) is 15.3. The Hall–Kier alpha value is -2.02. The van der Waals surface area contributed by atoms with E-state index >= 15 is 0 Å². The Morgan fingerprint density at radius 2 is 2.35 bits per heavy atom. The van der Waals surface area contributed by atoms with Crippen molar-refractivity contribution in [3.05, 3.63) is 58.6 Å². The second-order valence-corrected chi connectivity index (χ2v) is 7.53. The van der Waals surface area contributed by atoms with Crippen molar-refractivity contribution in [2.75, 3.05) is 13.2 Å². The molecule has 1 amide bonds. The first-order valence-corrected chi connectivity index (χ1v) is 9.84. The average Bonchev–Trinajstić information content (AvgIpc) is 3.33. The number of carbonyl (C=O) groups is 1. The maximum atomic E-state index is 12.7. The number of pyridine rings is 1. The number of nitrogens with zero attached hydrogens (tertiary/aromatic N) is 2. The molecule has 2 aliphatic rings. The van der Waals surface area contributed by atoms with Crippen LogP contribution in [-0.4, -0.2) is 47.2 Å². The van der Waals surface area contributed by atoms with Crippen LogP contribution >= 0.6 is 11.3 Å². The molecule has 4 heterocycles. The molecular formula is C20H22N2O3S. The van der Waals surface area contributed by atoms with E-state index in [0.717, 1.165) is 30.0 Å². The molecule has 2 aromatic heterocycles. The highest BCUT2D eigenvalue weighted by Gasteiger charge is 2.46. The van der Waals surface area contributed by atoms with Gasteiger partial charge in [-0.25, -0.2) is 0 Å². The quantitative estimate of drug-likeness (QED) is 0.759. The van der Waals surface area contributed by atoms with Crippen molar-refractivity contribution in [1.29, 1.82) is 0 Å². The van der Waals surface area contributed by atoms with Crippen LogP contribution in [0, 0.1) is 0 Å². The summed E-state index contributed by atoms with van der Waals surface area (Å²) in [7, 11) is 0. The number of carbonyl (C=O) groups excluding carboxylic acids is 1. The van der Waals surface area contributed by atoms with Crippen LogP contribution in [0.5, 0.6) is 0 Å². The first kappa shape index (κ1) is 17.4. The van der Waals surface area contributed by atoms with Gasteiger partial charge < -0.3 is 14.4 Å². The van der Waals surface area contributed by atoms with Gasteiger partial charge in [0, 0.05) is 23.8 Å². The molecule has 0 aliphatic carbocycles. The van der Waals surface area contributed by atoms with Crippen molar-refractivity contribution in [2.45, 2.75) is 37.7 Å². The van der Waals surface area contributed by atoms with Gasteiger partial charge in [-0.05, 0) is 42.5 Å². The number of hydrogen-bond donors (Lipinski definition) is 0. The largest absolute Gasteiger partial charge is 0.373 e. The molecule has 4 rings (SSSR count). The minimum absolute atomic E-state index is 0.0304. The van der Waals surface area contributed by atoms with Crippen LogP contribution in [0.2, 0.25) is 0 Å². The van der Waals surface area contributed by atoms with E-state index in [4.69, 9.17) is 9.47 Å². The third-order valence-corrected chi connectivity index (χ3v) is 5.70. The maximum Gasteiger partial charge on any atom is 0.247 e. The minimum Gasteiger partial charge on any atom is -0.373 e. The average molecular weight is 370 g/mol. The fourth-order valence-corrected chi connectivity index (χ4v) is 4.24. The predicted octanol–water partition coefficient (Wildman–Crippen LogP) is 3.13. The third kappa shape index (κ3) is 3.87. The molecular weight excluding hydrogens is 348 g/mol. The van der Waals surface area contributed by atoms with Crippen LogP contribution in [0.15, 0.2) is 48.0 Å². The van der Waals surface area contributed by atoms with E-state index in [2.05, 4.69) is 4.98 Å². The highest BCUT2D eigenvalue weighted by atomic mass is 32.1. The van der Waals surface area contributed by atoms with Gasteiger partial charge in [-0.3, -0.25) is 9.78 Å². The molecule has 2 saturated heterocycles. The van der Waals surface area contributed by atoms with E-state index in [1.807, 2.05) is 46.7 Å². The molecule has 2 fully saturated rings. The Labute approximate surface area is 157 Å². The van der Waals surface area contributed by atoms with Gasteiger partial charge in [0.05, 0.1) is 24.9 Å². The molecule has 0 bridgehead atoms. The Balaban J connectivity index is 1.43. The van der Waals surface area contributed by atoms with Crippen molar-refractivity contribution in [2.24, 2.45) is 0 Å². The lowest BCUT2D eigenvalue weighted by Crippen LogP contribution is -2.43. The lowest BCUT2D eigenvalue weighted by molar-refractivity contribution is -0.129. The molecule has 0 spiro atoms. The van der Waals surface area contributed by atoms with E-state index < -0.39 is 0 Å². The van der Waals surface area contributed by atoms with E-state index in [9.17, 15) is 4.79 Å². The van der Waals surface area contributed by atoms with Crippen LogP contribution < -0.4 is 0 Å². The smallest absolute Gasteiger partial charge is 0.247 e. The normalized spacial score (nSPS) is 25.5. The highest BCUT2D eigenvalue weighted by molar-refractivity contribution is 7.10. The Morgan fingerprint density at radius 3 is 3.15 bits per heavy atom. The van der Waals surface area contributed by atoms with Gasteiger partial charge in [0.1, 0.15) is 12.2 Å². The SMILES string of the molecule is O=C(/C=C/c1cccs1)N1C[C@H](OCc2ccccn2)[C@H]2OCCC[C@H]21. The molecule has 26 heavy (non-hydrogen) atoms. The van der Waals surface area contributed by atoms with E-state index in [1.54, 1.807) is 23.6 Å². The van der Waals surface area contributed by atoms with Gasteiger partial charge in [-0.2, -0.15) is 0 Å². The summed E-state index contributed by atoms with van der Waals surface area (Å²) in [6.45, 7) is 1.73. The summed E-state index contributed by atoms with van der Waals surface area (Å²) in [5.41, 5.74) is 0.891. The number of ether oxygens (including phenoxy) is 2. The summed E-state index contributed by atoms with van der Waals surface area (Å²) in [4.78, 5) is 20.0. The Morgan fingerprint density at radius 1 is 1.38 bits per heavy atom. The summed E-state index contributed by atoms with van der Waals surface area (Å²) in [5.74, 6) is 0.0304. The number of fused-ring (bicyclic) bond motifs is 1. The standard InChI is InChI=1S/C20H22N2O3S/c23-19(9-8-16-6-4-12-26-16)22-13-18(20-17(22)7-3-11-24-20)25-14-15-5-1-2-10-21-15/h1-2,4-6,8-10,12,17-18,20H,3,7,11,13-14H2/b9-8+/t17-,18+,20+/m1/s1. The molecule has 0 radical (unpaired) electrons. The maximum absolute atomic E-state index is 12.7. The van der Waals surface area contributed by atoms with Crippen molar-refractivity contribution < 1.29 is 14.3 Å². The summed E-state index contributed by atoms with van der Waals surface area (Å²) in [6, 6.07) is 9.87. The Bertz CT molecular complexity index is 748. The summed E-state index contributed by atoms with van der Waals surface area (Å²) in [6.07, 6.45) is 7.09. The molecule has 0 N–H and O–H groups in total. The van der Waals surface area contributed by atoms with E-state index in [0.29, 0.717) is 13.2 Å². The molecule has 2 aliphatic heterocycles. The number of hydrogen-bond acceptors (Lipinski definition) is 5. The topological polar surface area (TPSA) is 51.7 Å². The van der Waals surface area contributed by atoms with Crippen molar-refractivity contribution in [3.63, 3.8) is 0 Å². The lowest BCUT2D eigenvalue weighted by Gasteiger charge is -2.31. The van der Waals surface area contributed by atoms with Gasteiger partial charge in [0.15, 0.2) is 0 Å². The monoisotopic (exact) mass is 370 g/mol. The number of rotatable bonds is 5. The summed E-state index contributed by atoms with van der Waals surface area (Å²) >= 11 is 1.62. The fourth-order valence-electron chi connectivity index (χ4n) is 3.62. The zero-order chi connectivity index (χ0) is 17.8. The molecule has 0 saturated carbocycles. The third-order valence-electron chi connectivity index (χ3n) is 4.87. The predicted molar refractivity (Wildman–Crippen MR) is 101 cm³/mol. The Kier molecular flexibility index (Phi) is 5.43. The summed E-state index contributed by atoms with van der Waals surface area (Å²) < 4.78 is 12.1. The first-order valence-electron chi connectivity index (χ1n) is 8.96. The molecule has 3 atom stereocenters. The molecule has 5 nitrogen and oxygen atoms in total. The molecule has 2 aromatic rings. The van der Waals surface area contributed by atoms with Crippen molar-refractivity contribution >= 4 is 23.3 Å². The first-order chi connectivity index (χ1) is 12.8. The molecule has 136 valence electrons. The van der Waals surface area contributed by atoms with Crippen LogP contribution in [-0.2, 0) is 20.9 Å². The summed E-state index contributed by atoms with van der Waals surface area (Å²) in [5, 5.41) is 2.01. The van der Waals surface area contributed by atoms with Gasteiger partial charge in [-0.15, -0.1) is 11.3 Å². The van der Waals surface area contributed by atoms with Crippen LogP contribution in [0.4, 0.5) is 0 Å². The fraction of sp³-hybridized carbons (Fsp3) is 0.400. The van der Waals surface area contributed by atoms with Crippen molar-refractivity contribution in [3.8, 4) is 0 Å². The van der Waals surface area contributed by atoms with Gasteiger partial charge in [-0.1, -0.05) is 12.1 Å². The molecule has 0 aromatic carbocycles. The second kappa shape index (κ2) is 8.12. The number of aromatic nitrogens is 1. The number of likely N-dealkylation sites (tertiary alicyclic amines) is 1. The number of thiophene rings is 1. The molecule has 0 unspecified atom stereocenters. The zero-order valence-electron chi connectivity index (χ0n) is 14.5. The van der Waals surface area contributed by atoms with Gasteiger partial charge in [0.2, 0.25) is 5.91 Å².